The molecule has 1 saturated carbocycles. The second-order valence-corrected chi connectivity index (χ2v) is 6.98. The second kappa shape index (κ2) is 7.61. The zero-order valence-corrected chi connectivity index (χ0v) is 14.7. The maximum absolute atomic E-state index is 12.9. The fourth-order valence-electron chi connectivity index (χ4n) is 2.92. The molecule has 1 aromatic carbocycles. The van der Waals surface area contributed by atoms with E-state index in [4.69, 9.17) is 17.3 Å². The van der Waals surface area contributed by atoms with Crippen LogP contribution in [0.1, 0.15) is 49.4 Å². The topological polar surface area (TPSA) is 46.3 Å². The van der Waals surface area contributed by atoms with Crippen LogP contribution in [0.2, 0.25) is 5.02 Å². The summed E-state index contributed by atoms with van der Waals surface area (Å²) in [6.07, 6.45) is 4.92. The van der Waals surface area contributed by atoms with Crippen molar-refractivity contribution in [3.63, 3.8) is 0 Å². The third kappa shape index (κ3) is 4.21. The first-order valence-corrected chi connectivity index (χ1v) is 8.71. The van der Waals surface area contributed by atoms with Gasteiger partial charge in [0.25, 0.3) is 5.91 Å². The highest BCUT2D eigenvalue weighted by Gasteiger charge is 2.28. The van der Waals surface area contributed by atoms with Crippen LogP contribution in [0.25, 0.3) is 0 Å². The van der Waals surface area contributed by atoms with Crippen LogP contribution < -0.4 is 5.73 Å². The van der Waals surface area contributed by atoms with Gasteiger partial charge in [-0.25, -0.2) is 0 Å². The summed E-state index contributed by atoms with van der Waals surface area (Å²) < 4.78 is 0.797. The highest BCUT2D eigenvalue weighted by atomic mass is 79.9. The average molecular weight is 374 g/mol. The van der Waals surface area contributed by atoms with Gasteiger partial charge in [-0.1, -0.05) is 18.5 Å². The molecule has 116 valence electrons. The van der Waals surface area contributed by atoms with Crippen LogP contribution in [0.5, 0.6) is 0 Å². The van der Waals surface area contributed by atoms with E-state index in [1.54, 1.807) is 12.1 Å². The standard InChI is InChI=1S/C16H22BrClN2O/c1-2-9-20(13-6-4-12(19)5-7-13)16(21)14-10-11(18)3-8-15(14)17/h3,8,10,12-13H,2,4-7,9,19H2,1H3. The van der Waals surface area contributed by atoms with Crippen molar-refractivity contribution in [1.82, 2.24) is 4.90 Å². The SMILES string of the molecule is CCCN(C(=O)c1cc(Cl)ccc1Br)C1CCC(N)CC1. The Morgan fingerprint density at radius 1 is 1.38 bits per heavy atom. The summed E-state index contributed by atoms with van der Waals surface area (Å²) >= 11 is 9.50. The molecule has 2 rings (SSSR count). The summed E-state index contributed by atoms with van der Waals surface area (Å²) in [6.45, 7) is 2.87. The number of amides is 1. The third-order valence-electron chi connectivity index (χ3n) is 4.07. The van der Waals surface area contributed by atoms with E-state index in [0.29, 0.717) is 16.6 Å². The molecule has 1 aliphatic rings. The monoisotopic (exact) mass is 372 g/mol. The maximum atomic E-state index is 12.9. The van der Waals surface area contributed by atoms with Crippen molar-refractivity contribution in [3.05, 3.63) is 33.3 Å². The van der Waals surface area contributed by atoms with Crippen LogP contribution in [-0.2, 0) is 0 Å². The quantitative estimate of drug-likeness (QED) is 0.858. The Morgan fingerprint density at radius 2 is 2.05 bits per heavy atom. The van der Waals surface area contributed by atoms with Gasteiger partial charge < -0.3 is 10.6 Å². The van der Waals surface area contributed by atoms with Crippen LogP contribution in [0.4, 0.5) is 0 Å². The molecular weight excluding hydrogens is 352 g/mol. The molecule has 2 N–H and O–H groups in total. The molecule has 1 aromatic rings. The lowest BCUT2D eigenvalue weighted by atomic mass is 9.90. The van der Waals surface area contributed by atoms with Gasteiger partial charge in [0.05, 0.1) is 5.56 Å². The normalized spacial score (nSPS) is 22.1. The predicted octanol–water partition coefficient (Wildman–Crippen LogP) is 4.22. The summed E-state index contributed by atoms with van der Waals surface area (Å²) in [6, 6.07) is 5.94. The average Bonchev–Trinajstić information content (AvgIpc) is 2.48. The molecule has 1 amide bonds. The molecule has 0 atom stereocenters. The van der Waals surface area contributed by atoms with Crippen LogP contribution in [0.15, 0.2) is 22.7 Å². The molecule has 0 heterocycles. The summed E-state index contributed by atoms with van der Waals surface area (Å²) in [5.41, 5.74) is 6.62. The number of benzene rings is 1. The fraction of sp³-hybridized carbons (Fsp3) is 0.562. The van der Waals surface area contributed by atoms with Gasteiger partial charge in [0.1, 0.15) is 0 Å². The fourth-order valence-corrected chi connectivity index (χ4v) is 3.51. The molecule has 0 radical (unpaired) electrons. The lowest BCUT2D eigenvalue weighted by Gasteiger charge is -2.36. The van der Waals surface area contributed by atoms with Crippen molar-refractivity contribution in [2.24, 2.45) is 5.73 Å². The number of carbonyl (C=O) groups is 1. The number of nitrogens with two attached hydrogens (primary N) is 1. The Labute approximate surface area is 140 Å². The Balaban J connectivity index is 2.20. The third-order valence-corrected chi connectivity index (χ3v) is 4.99. The van der Waals surface area contributed by atoms with Gasteiger partial charge in [-0.2, -0.15) is 0 Å². The van der Waals surface area contributed by atoms with Gasteiger partial charge in [0.15, 0.2) is 0 Å². The first-order valence-electron chi connectivity index (χ1n) is 7.54. The molecule has 0 unspecified atom stereocenters. The number of hydrogen-bond donors (Lipinski definition) is 1. The van der Waals surface area contributed by atoms with Crippen LogP contribution >= 0.6 is 27.5 Å². The molecule has 0 bridgehead atoms. The molecule has 21 heavy (non-hydrogen) atoms. The van der Waals surface area contributed by atoms with Gasteiger partial charge >= 0.3 is 0 Å². The van der Waals surface area contributed by atoms with Gasteiger partial charge in [0, 0.05) is 28.1 Å². The zero-order chi connectivity index (χ0) is 15.4. The summed E-state index contributed by atoms with van der Waals surface area (Å²) in [5.74, 6) is 0.0618. The first-order chi connectivity index (χ1) is 10.0. The summed E-state index contributed by atoms with van der Waals surface area (Å²) in [5, 5.41) is 0.587. The van der Waals surface area contributed by atoms with Gasteiger partial charge in [-0.3, -0.25) is 4.79 Å². The molecule has 0 spiro atoms. The highest BCUT2D eigenvalue weighted by molar-refractivity contribution is 9.10. The van der Waals surface area contributed by atoms with E-state index < -0.39 is 0 Å². The van der Waals surface area contributed by atoms with E-state index in [9.17, 15) is 4.79 Å². The summed E-state index contributed by atoms with van der Waals surface area (Å²) in [7, 11) is 0. The van der Waals surface area contributed by atoms with Crippen molar-refractivity contribution in [1.29, 1.82) is 0 Å². The predicted molar refractivity (Wildman–Crippen MR) is 90.7 cm³/mol. The van der Waals surface area contributed by atoms with Crippen molar-refractivity contribution < 1.29 is 4.79 Å². The van der Waals surface area contributed by atoms with E-state index in [1.165, 1.54) is 0 Å². The molecule has 1 aliphatic carbocycles. The molecular formula is C16H22BrClN2O. The zero-order valence-electron chi connectivity index (χ0n) is 12.3. The Hall–Kier alpha value is -0.580. The minimum Gasteiger partial charge on any atom is -0.336 e. The Morgan fingerprint density at radius 3 is 2.67 bits per heavy atom. The number of carbonyl (C=O) groups excluding carboxylic acids is 1. The Bertz CT molecular complexity index is 501. The number of halogens is 2. The molecule has 1 fully saturated rings. The minimum atomic E-state index is 0.0618. The van der Waals surface area contributed by atoms with Crippen LogP contribution in [0.3, 0.4) is 0 Å². The van der Waals surface area contributed by atoms with E-state index in [1.807, 2.05) is 11.0 Å². The summed E-state index contributed by atoms with van der Waals surface area (Å²) in [4.78, 5) is 14.9. The highest BCUT2D eigenvalue weighted by Crippen LogP contribution is 2.27. The minimum absolute atomic E-state index is 0.0618. The van der Waals surface area contributed by atoms with Gasteiger partial charge in [-0.15, -0.1) is 0 Å². The van der Waals surface area contributed by atoms with Crippen molar-refractivity contribution in [2.75, 3.05) is 6.54 Å². The molecule has 0 saturated heterocycles. The maximum Gasteiger partial charge on any atom is 0.255 e. The lowest BCUT2D eigenvalue weighted by Crippen LogP contribution is -2.44. The van der Waals surface area contributed by atoms with E-state index in [0.717, 1.165) is 43.1 Å². The number of rotatable bonds is 4. The lowest BCUT2D eigenvalue weighted by molar-refractivity contribution is 0.0626. The number of hydrogen-bond acceptors (Lipinski definition) is 2. The van der Waals surface area contributed by atoms with E-state index in [-0.39, 0.29) is 11.9 Å². The number of nitrogens with zero attached hydrogens (tertiary/aromatic N) is 1. The van der Waals surface area contributed by atoms with Crippen LogP contribution in [-0.4, -0.2) is 29.4 Å². The molecule has 5 heteroatoms. The molecule has 0 aliphatic heterocycles. The largest absolute Gasteiger partial charge is 0.336 e. The molecule has 0 aromatic heterocycles. The molecule has 3 nitrogen and oxygen atoms in total. The second-order valence-electron chi connectivity index (χ2n) is 5.69. The first kappa shape index (κ1) is 16.8. The van der Waals surface area contributed by atoms with Crippen LogP contribution in [0, 0.1) is 0 Å². The van der Waals surface area contributed by atoms with Crippen molar-refractivity contribution >= 4 is 33.4 Å². The van der Waals surface area contributed by atoms with Crippen molar-refractivity contribution in [3.8, 4) is 0 Å². The van der Waals surface area contributed by atoms with Gasteiger partial charge in [0.2, 0.25) is 0 Å². The van der Waals surface area contributed by atoms with Gasteiger partial charge in [-0.05, 0) is 66.2 Å². The Kier molecular flexibility index (Phi) is 6.08. The van der Waals surface area contributed by atoms with E-state index in [2.05, 4.69) is 22.9 Å². The smallest absolute Gasteiger partial charge is 0.255 e. The van der Waals surface area contributed by atoms with E-state index >= 15 is 0 Å². The van der Waals surface area contributed by atoms with Crippen molar-refractivity contribution in [2.45, 2.75) is 51.1 Å².